The van der Waals surface area contributed by atoms with Gasteiger partial charge < -0.3 is 14.6 Å². The number of ether oxygens (including phenoxy) is 2. The molecule has 4 rings (SSSR count). The maximum atomic E-state index is 10.5. The Labute approximate surface area is 147 Å². The molecule has 5 nitrogen and oxygen atoms in total. The molecule has 132 valence electrons. The maximum absolute atomic E-state index is 10.5. The van der Waals surface area contributed by atoms with Crippen molar-refractivity contribution in [3.8, 4) is 0 Å². The number of hydroxylamine groups is 2. The van der Waals surface area contributed by atoms with Crippen molar-refractivity contribution >= 4 is 0 Å². The highest BCUT2D eigenvalue weighted by Gasteiger charge is 2.56. The van der Waals surface area contributed by atoms with Gasteiger partial charge in [0.05, 0.1) is 19.8 Å². The third kappa shape index (κ3) is 3.47. The highest BCUT2D eigenvalue weighted by atomic mass is 16.7. The summed E-state index contributed by atoms with van der Waals surface area (Å²) in [6, 6.07) is 19.8. The normalized spacial score (nSPS) is 29.5. The topological polar surface area (TPSA) is 51.2 Å². The second-order valence-corrected chi connectivity index (χ2v) is 6.55. The fourth-order valence-corrected chi connectivity index (χ4v) is 3.60. The van der Waals surface area contributed by atoms with E-state index in [0.29, 0.717) is 26.2 Å². The third-order valence-corrected chi connectivity index (χ3v) is 4.84. The largest absolute Gasteiger partial charge is 0.389 e. The van der Waals surface area contributed by atoms with Gasteiger partial charge in [-0.3, -0.25) is 4.84 Å². The molecule has 0 unspecified atom stereocenters. The molecular formula is C20H23NO4. The summed E-state index contributed by atoms with van der Waals surface area (Å²) in [6.45, 7) is 1.80. The zero-order chi connectivity index (χ0) is 17.1. The Balaban J connectivity index is 1.52. The van der Waals surface area contributed by atoms with Crippen LogP contribution >= 0.6 is 0 Å². The number of fused-ring (bicyclic) bond motifs is 1. The van der Waals surface area contributed by atoms with Crippen LogP contribution in [0.4, 0.5) is 0 Å². The Kier molecular flexibility index (Phi) is 4.83. The van der Waals surface area contributed by atoms with Crippen LogP contribution < -0.4 is 0 Å². The number of benzene rings is 2. The quantitative estimate of drug-likeness (QED) is 0.906. The van der Waals surface area contributed by atoms with E-state index in [-0.39, 0.29) is 12.6 Å². The Hall–Kier alpha value is -1.76. The van der Waals surface area contributed by atoms with Crippen LogP contribution in [0.5, 0.6) is 0 Å². The predicted octanol–water partition coefficient (Wildman–Crippen LogP) is 2.50. The second-order valence-electron chi connectivity index (χ2n) is 6.55. The lowest BCUT2D eigenvalue weighted by Crippen LogP contribution is -2.59. The molecule has 1 N–H and O–H groups in total. The predicted molar refractivity (Wildman–Crippen MR) is 92.3 cm³/mol. The van der Waals surface area contributed by atoms with Crippen molar-refractivity contribution in [2.75, 3.05) is 13.2 Å². The lowest BCUT2D eigenvalue weighted by Gasteiger charge is -2.44. The molecule has 3 atom stereocenters. The van der Waals surface area contributed by atoms with Crippen molar-refractivity contribution in [3.05, 3.63) is 71.8 Å². The minimum Gasteiger partial charge on any atom is -0.389 e. The first-order valence-corrected chi connectivity index (χ1v) is 8.70. The molecule has 2 aliphatic heterocycles. The minimum atomic E-state index is -0.831. The maximum Gasteiger partial charge on any atom is 0.191 e. The molecule has 0 spiro atoms. The van der Waals surface area contributed by atoms with Crippen LogP contribution in [0.3, 0.4) is 0 Å². The van der Waals surface area contributed by atoms with Crippen molar-refractivity contribution < 1.29 is 19.4 Å². The summed E-state index contributed by atoms with van der Waals surface area (Å²) in [5.41, 5.74) is 2.21. The van der Waals surface area contributed by atoms with Crippen molar-refractivity contribution in [2.45, 2.75) is 37.5 Å². The van der Waals surface area contributed by atoms with Gasteiger partial charge in [0.15, 0.2) is 5.79 Å². The van der Waals surface area contributed by atoms with E-state index in [1.165, 1.54) is 0 Å². The van der Waals surface area contributed by atoms with Gasteiger partial charge in [0, 0.05) is 13.0 Å². The zero-order valence-corrected chi connectivity index (χ0v) is 14.1. The molecule has 2 fully saturated rings. The van der Waals surface area contributed by atoms with Gasteiger partial charge >= 0.3 is 0 Å². The molecule has 2 aliphatic rings. The van der Waals surface area contributed by atoms with Crippen LogP contribution in [0.15, 0.2) is 60.7 Å². The van der Waals surface area contributed by atoms with Gasteiger partial charge in [0.1, 0.15) is 12.1 Å². The fourth-order valence-electron chi connectivity index (χ4n) is 3.60. The summed E-state index contributed by atoms with van der Waals surface area (Å²) in [7, 11) is 0. The molecule has 2 aromatic rings. The Morgan fingerprint density at radius 1 is 1.04 bits per heavy atom. The summed E-state index contributed by atoms with van der Waals surface area (Å²) in [5, 5.41) is 12.3. The molecular weight excluding hydrogens is 318 g/mol. The molecule has 2 saturated heterocycles. The fraction of sp³-hybridized carbons (Fsp3) is 0.400. The van der Waals surface area contributed by atoms with Crippen molar-refractivity contribution in [2.24, 2.45) is 0 Å². The molecule has 0 radical (unpaired) electrons. The summed E-state index contributed by atoms with van der Waals surface area (Å²) < 4.78 is 12.2. The zero-order valence-electron chi connectivity index (χ0n) is 14.1. The average molecular weight is 341 g/mol. The van der Waals surface area contributed by atoms with Gasteiger partial charge in [-0.1, -0.05) is 60.7 Å². The number of aliphatic hydroxyl groups is 1. The van der Waals surface area contributed by atoms with Gasteiger partial charge in [-0.15, -0.1) is 0 Å². The first-order chi connectivity index (χ1) is 12.3. The Bertz CT molecular complexity index is 677. The Morgan fingerprint density at radius 2 is 1.72 bits per heavy atom. The number of hydrogen-bond donors (Lipinski definition) is 1. The molecule has 0 aliphatic carbocycles. The molecule has 0 aromatic heterocycles. The highest BCUT2D eigenvalue weighted by molar-refractivity contribution is 5.16. The van der Waals surface area contributed by atoms with Crippen molar-refractivity contribution in [1.82, 2.24) is 5.06 Å². The van der Waals surface area contributed by atoms with E-state index < -0.39 is 11.9 Å². The van der Waals surface area contributed by atoms with E-state index in [9.17, 15) is 5.11 Å². The number of hydrogen-bond acceptors (Lipinski definition) is 5. The van der Waals surface area contributed by atoms with Crippen molar-refractivity contribution in [3.63, 3.8) is 0 Å². The number of nitrogens with zero attached hydrogens (tertiary/aromatic N) is 1. The third-order valence-electron chi connectivity index (χ3n) is 4.84. The van der Waals surface area contributed by atoms with E-state index in [4.69, 9.17) is 14.3 Å². The van der Waals surface area contributed by atoms with E-state index in [2.05, 4.69) is 0 Å². The van der Waals surface area contributed by atoms with Gasteiger partial charge in [0.25, 0.3) is 0 Å². The molecule has 0 saturated carbocycles. The van der Waals surface area contributed by atoms with Crippen LogP contribution in [0.25, 0.3) is 0 Å². The molecule has 0 amide bonds. The first-order valence-electron chi connectivity index (χ1n) is 8.70. The molecule has 2 aromatic carbocycles. The first kappa shape index (κ1) is 16.7. The highest BCUT2D eigenvalue weighted by Crippen LogP contribution is 2.39. The van der Waals surface area contributed by atoms with Crippen LogP contribution in [-0.2, 0) is 27.5 Å². The van der Waals surface area contributed by atoms with Crippen LogP contribution in [0.1, 0.15) is 17.5 Å². The number of rotatable bonds is 5. The average Bonchev–Trinajstić information content (AvgIpc) is 3.00. The molecule has 5 heteroatoms. The summed E-state index contributed by atoms with van der Waals surface area (Å²) in [4.78, 5) is 5.86. The minimum absolute atomic E-state index is 0.258. The lowest BCUT2D eigenvalue weighted by molar-refractivity contribution is -0.340. The molecule has 2 heterocycles. The Morgan fingerprint density at radius 3 is 2.44 bits per heavy atom. The second kappa shape index (κ2) is 7.23. The smallest absolute Gasteiger partial charge is 0.191 e. The summed E-state index contributed by atoms with van der Waals surface area (Å²) in [5.74, 6) is -0.831. The van der Waals surface area contributed by atoms with Gasteiger partial charge in [-0.05, 0) is 11.1 Å². The lowest BCUT2D eigenvalue weighted by atomic mass is 9.99. The summed E-state index contributed by atoms with van der Waals surface area (Å²) in [6.07, 6.45) is -0.0351. The molecule has 0 bridgehead atoms. The van der Waals surface area contributed by atoms with Crippen LogP contribution in [-0.4, -0.2) is 41.3 Å². The SMILES string of the molecule is O[C@@H]1CO[C@@]2(OCc3ccccc3)CCON(Cc3ccccc3)[C@@H]12. The number of aliphatic hydroxyl groups excluding tert-OH is 1. The van der Waals surface area contributed by atoms with E-state index in [1.54, 1.807) is 0 Å². The van der Waals surface area contributed by atoms with Crippen molar-refractivity contribution in [1.29, 1.82) is 0 Å². The van der Waals surface area contributed by atoms with E-state index in [1.807, 2.05) is 65.7 Å². The van der Waals surface area contributed by atoms with E-state index in [0.717, 1.165) is 11.1 Å². The molecule has 25 heavy (non-hydrogen) atoms. The van der Waals surface area contributed by atoms with Crippen LogP contribution in [0.2, 0.25) is 0 Å². The summed E-state index contributed by atoms with van der Waals surface area (Å²) >= 11 is 0. The standard InChI is InChI=1S/C20H23NO4/c22-18-15-24-20(23-14-17-9-5-2-6-10-17)11-12-25-21(19(18)20)13-16-7-3-1-4-8-16/h1-10,18-19,22H,11-15H2/t18-,19+,20+/m1/s1. The monoisotopic (exact) mass is 341 g/mol. The van der Waals surface area contributed by atoms with E-state index >= 15 is 0 Å². The van der Waals surface area contributed by atoms with Gasteiger partial charge in [0.2, 0.25) is 0 Å². The van der Waals surface area contributed by atoms with Gasteiger partial charge in [-0.2, -0.15) is 5.06 Å². The van der Waals surface area contributed by atoms with Gasteiger partial charge in [-0.25, -0.2) is 0 Å². The van der Waals surface area contributed by atoms with Crippen LogP contribution in [0, 0.1) is 0 Å².